The van der Waals surface area contributed by atoms with E-state index >= 15 is 0 Å². The second-order valence-corrected chi connectivity index (χ2v) is 8.03. The molecule has 0 aliphatic carbocycles. The van der Waals surface area contributed by atoms with E-state index in [1.54, 1.807) is 19.3 Å². The van der Waals surface area contributed by atoms with Gasteiger partial charge >= 0.3 is 0 Å². The summed E-state index contributed by atoms with van der Waals surface area (Å²) in [6, 6.07) is 9.31. The number of para-hydroxylation sites is 1. The summed E-state index contributed by atoms with van der Waals surface area (Å²) in [7, 11) is -1.91. The third-order valence-corrected chi connectivity index (χ3v) is 6.24. The number of carbonyl (C=O) groups excluding carboxylic acids is 1. The number of nitrogens with zero attached hydrogens (tertiary/aromatic N) is 2. The zero-order chi connectivity index (χ0) is 17.2. The molecule has 0 bridgehead atoms. The Kier molecular flexibility index (Phi) is 4.82. The van der Waals surface area contributed by atoms with Crippen molar-refractivity contribution in [3.63, 3.8) is 0 Å². The van der Waals surface area contributed by atoms with Gasteiger partial charge in [-0.3, -0.25) is 9.78 Å². The van der Waals surface area contributed by atoms with E-state index in [9.17, 15) is 13.2 Å². The van der Waals surface area contributed by atoms with Gasteiger partial charge in [0.15, 0.2) is 0 Å². The van der Waals surface area contributed by atoms with Crippen LogP contribution in [0.5, 0.6) is 0 Å². The number of nitrogens with one attached hydrogen (secondary N) is 1. The van der Waals surface area contributed by atoms with Crippen molar-refractivity contribution in [3.8, 4) is 0 Å². The van der Waals surface area contributed by atoms with Crippen molar-refractivity contribution in [1.29, 1.82) is 0 Å². The Morgan fingerprint density at radius 1 is 1.33 bits per heavy atom. The summed E-state index contributed by atoms with van der Waals surface area (Å²) in [5.74, 6) is -0.465. The van der Waals surface area contributed by atoms with Crippen molar-refractivity contribution < 1.29 is 13.2 Å². The molecule has 1 atom stereocenters. The summed E-state index contributed by atoms with van der Waals surface area (Å²) in [6.45, 7) is 0.716. The number of rotatable bonds is 4. The number of hydrogen-bond acceptors (Lipinski definition) is 4. The Hall–Kier alpha value is -1.99. The van der Waals surface area contributed by atoms with Crippen LogP contribution in [0.1, 0.15) is 18.4 Å². The van der Waals surface area contributed by atoms with Crippen LogP contribution in [0, 0.1) is 5.92 Å². The summed E-state index contributed by atoms with van der Waals surface area (Å²) in [6.07, 6.45) is 3.09. The summed E-state index contributed by atoms with van der Waals surface area (Å²) < 4.78 is 27.1. The number of amides is 1. The standard InChI is InChI=1S/C17H21N3O3S/c1-18-17(21)14-8-4-10-20(11-14)24(22,23)12-15-6-2-5-13-7-3-9-19-16(13)15/h2-3,5-7,9,14H,4,8,10-12H2,1H3,(H,18,21). The molecule has 6 nitrogen and oxygen atoms in total. The minimum absolute atomic E-state index is 0.0954. The minimum Gasteiger partial charge on any atom is -0.359 e. The molecule has 24 heavy (non-hydrogen) atoms. The summed E-state index contributed by atoms with van der Waals surface area (Å²) in [5, 5.41) is 3.53. The molecule has 1 N–H and O–H groups in total. The van der Waals surface area contributed by atoms with Crippen molar-refractivity contribution in [1.82, 2.24) is 14.6 Å². The fourth-order valence-electron chi connectivity index (χ4n) is 3.18. The van der Waals surface area contributed by atoms with E-state index in [2.05, 4.69) is 10.3 Å². The van der Waals surface area contributed by atoms with Crippen molar-refractivity contribution in [2.75, 3.05) is 20.1 Å². The van der Waals surface area contributed by atoms with Crippen LogP contribution < -0.4 is 5.32 Å². The second kappa shape index (κ2) is 6.86. The van der Waals surface area contributed by atoms with Gasteiger partial charge in [0.05, 0.1) is 17.2 Å². The molecule has 2 aromatic rings. The van der Waals surface area contributed by atoms with Crippen LogP contribution in [0.3, 0.4) is 0 Å². The zero-order valence-corrected chi connectivity index (χ0v) is 14.4. The lowest BCUT2D eigenvalue weighted by atomic mass is 9.99. The number of benzene rings is 1. The van der Waals surface area contributed by atoms with E-state index in [0.29, 0.717) is 24.0 Å². The highest BCUT2D eigenvalue weighted by Crippen LogP contribution is 2.24. The first-order valence-corrected chi connectivity index (χ1v) is 9.64. The topological polar surface area (TPSA) is 79.4 Å². The number of sulfonamides is 1. The monoisotopic (exact) mass is 347 g/mol. The Balaban J connectivity index is 1.84. The number of aromatic nitrogens is 1. The molecule has 1 aliphatic rings. The maximum absolute atomic E-state index is 12.8. The van der Waals surface area contributed by atoms with Crippen LogP contribution in [0.15, 0.2) is 36.5 Å². The van der Waals surface area contributed by atoms with Gasteiger partial charge in [-0.2, -0.15) is 0 Å². The molecular weight excluding hydrogens is 326 g/mol. The first-order valence-electron chi connectivity index (χ1n) is 8.03. The predicted molar refractivity (Wildman–Crippen MR) is 92.7 cm³/mol. The van der Waals surface area contributed by atoms with Gasteiger partial charge in [0, 0.05) is 31.7 Å². The molecule has 1 fully saturated rings. The molecule has 1 unspecified atom stereocenters. The van der Waals surface area contributed by atoms with Crippen LogP contribution in [-0.2, 0) is 20.6 Å². The SMILES string of the molecule is CNC(=O)C1CCCN(S(=O)(=O)Cc2cccc3cccnc23)C1. The van der Waals surface area contributed by atoms with Gasteiger partial charge < -0.3 is 5.32 Å². The van der Waals surface area contributed by atoms with Gasteiger partial charge in [0.2, 0.25) is 15.9 Å². The Morgan fingerprint density at radius 3 is 2.92 bits per heavy atom. The number of hydrogen-bond donors (Lipinski definition) is 1. The van der Waals surface area contributed by atoms with Gasteiger partial charge in [-0.1, -0.05) is 24.3 Å². The zero-order valence-electron chi connectivity index (χ0n) is 13.6. The lowest BCUT2D eigenvalue weighted by Crippen LogP contribution is -2.45. The molecule has 0 spiro atoms. The third-order valence-electron chi connectivity index (χ3n) is 4.45. The molecular formula is C17H21N3O3S. The highest BCUT2D eigenvalue weighted by Gasteiger charge is 2.32. The number of piperidine rings is 1. The summed E-state index contributed by atoms with van der Waals surface area (Å²) >= 11 is 0. The molecule has 1 saturated heterocycles. The Bertz CT molecular complexity index is 846. The van der Waals surface area contributed by atoms with Crippen LogP contribution in [0.25, 0.3) is 10.9 Å². The first-order chi connectivity index (χ1) is 11.5. The van der Waals surface area contributed by atoms with Gasteiger partial charge in [-0.25, -0.2) is 12.7 Å². The van der Waals surface area contributed by atoms with Crippen molar-refractivity contribution in [3.05, 3.63) is 42.1 Å². The van der Waals surface area contributed by atoms with E-state index in [0.717, 1.165) is 11.8 Å². The maximum Gasteiger partial charge on any atom is 0.224 e. The van der Waals surface area contributed by atoms with Crippen LogP contribution in [-0.4, -0.2) is 43.8 Å². The van der Waals surface area contributed by atoms with Crippen molar-refractivity contribution >= 4 is 26.8 Å². The lowest BCUT2D eigenvalue weighted by molar-refractivity contribution is -0.125. The minimum atomic E-state index is -3.49. The molecule has 0 saturated carbocycles. The molecule has 128 valence electrons. The maximum atomic E-state index is 12.8. The van der Waals surface area contributed by atoms with Crippen LogP contribution in [0.4, 0.5) is 0 Å². The molecule has 1 amide bonds. The molecule has 1 aromatic carbocycles. The molecule has 2 heterocycles. The summed E-state index contributed by atoms with van der Waals surface area (Å²) in [5.41, 5.74) is 1.40. The molecule has 3 rings (SSSR count). The largest absolute Gasteiger partial charge is 0.359 e. The van der Waals surface area contributed by atoms with Gasteiger partial charge in [-0.05, 0) is 24.5 Å². The fourth-order valence-corrected chi connectivity index (χ4v) is 4.81. The Labute approximate surface area is 141 Å². The number of fused-ring (bicyclic) bond motifs is 1. The summed E-state index contributed by atoms with van der Waals surface area (Å²) in [4.78, 5) is 16.1. The first kappa shape index (κ1) is 16.9. The van der Waals surface area contributed by atoms with Gasteiger partial charge in [0.1, 0.15) is 0 Å². The average Bonchev–Trinajstić information content (AvgIpc) is 2.61. The van der Waals surface area contributed by atoms with Crippen LogP contribution >= 0.6 is 0 Å². The van der Waals surface area contributed by atoms with Crippen LogP contribution in [0.2, 0.25) is 0 Å². The van der Waals surface area contributed by atoms with E-state index in [-0.39, 0.29) is 24.1 Å². The normalized spacial score (nSPS) is 19.3. The lowest BCUT2D eigenvalue weighted by Gasteiger charge is -2.31. The van der Waals surface area contributed by atoms with E-state index in [4.69, 9.17) is 0 Å². The predicted octanol–water partition coefficient (Wildman–Crippen LogP) is 1.52. The average molecular weight is 347 g/mol. The molecule has 0 radical (unpaired) electrons. The highest BCUT2D eigenvalue weighted by molar-refractivity contribution is 7.88. The van der Waals surface area contributed by atoms with E-state index in [1.807, 2.05) is 24.3 Å². The Morgan fingerprint density at radius 2 is 2.12 bits per heavy atom. The molecule has 1 aromatic heterocycles. The quantitative estimate of drug-likeness (QED) is 0.909. The van der Waals surface area contributed by atoms with Crippen molar-refractivity contribution in [2.24, 2.45) is 5.92 Å². The fraction of sp³-hybridized carbons (Fsp3) is 0.412. The van der Waals surface area contributed by atoms with Crippen molar-refractivity contribution in [2.45, 2.75) is 18.6 Å². The van der Waals surface area contributed by atoms with E-state index < -0.39 is 10.0 Å². The number of carbonyl (C=O) groups is 1. The van der Waals surface area contributed by atoms with Gasteiger partial charge in [-0.15, -0.1) is 0 Å². The molecule has 1 aliphatic heterocycles. The van der Waals surface area contributed by atoms with Gasteiger partial charge in [0.25, 0.3) is 0 Å². The highest BCUT2D eigenvalue weighted by atomic mass is 32.2. The third kappa shape index (κ3) is 3.42. The smallest absolute Gasteiger partial charge is 0.224 e. The molecule has 7 heteroatoms. The second-order valence-electron chi connectivity index (χ2n) is 6.06. The van der Waals surface area contributed by atoms with E-state index in [1.165, 1.54) is 4.31 Å². The number of pyridine rings is 1.